The van der Waals surface area contributed by atoms with Crippen LogP contribution in [0.5, 0.6) is 0 Å². The predicted molar refractivity (Wildman–Crippen MR) is 69.0 cm³/mol. The lowest BCUT2D eigenvalue weighted by molar-refractivity contribution is -0.121. The Balaban J connectivity index is 2.33. The average Bonchev–Trinajstić information content (AvgIpc) is 2.74. The van der Waals surface area contributed by atoms with E-state index in [9.17, 15) is 4.79 Å². The van der Waals surface area contributed by atoms with E-state index >= 15 is 0 Å². The van der Waals surface area contributed by atoms with Crippen molar-refractivity contribution in [3.8, 4) is 0 Å². The van der Waals surface area contributed by atoms with Gasteiger partial charge in [-0.25, -0.2) is 5.43 Å². The Morgan fingerprint density at radius 2 is 2.31 bits per heavy atom. The minimum atomic E-state index is -0.00892. The van der Waals surface area contributed by atoms with E-state index in [1.165, 1.54) is 4.88 Å². The van der Waals surface area contributed by atoms with Crippen LogP contribution in [0.2, 0.25) is 0 Å². The second kappa shape index (κ2) is 7.17. The molecule has 4 heteroatoms. The van der Waals surface area contributed by atoms with Crippen molar-refractivity contribution in [3.05, 3.63) is 21.9 Å². The first-order chi connectivity index (χ1) is 7.76. The molecule has 0 saturated heterocycles. The van der Waals surface area contributed by atoms with E-state index in [-0.39, 0.29) is 5.91 Å². The zero-order valence-electron chi connectivity index (χ0n) is 9.82. The van der Waals surface area contributed by atoms with Gasteiger partial charge in [-0.15, -0.1) is 11.3 Å². The van der Waals surface area contributed by atoms with Crippen LogP contribution in [0.4, 0.5) is 0 Å². The number of hydrogen-bond donors (Lipinski definition) is 1. The van der Waals surface area contributed by atoms with Crippen LogP contribution in [-0.4, -0.2) is 12.1 Å². The normalized spacial score (nSPS) is 10.9. The van der Waals surface area contributed by atoms with E-state index in [2.05, 4.69) is 30.4 Å². The molecule has 0 radical (unpaired) electrons. The molecule has 0 bridgehead atoms. The lowest BCUT2D eigenvalue weighted by Crippen LogP contribution is -2.16. The minimum absolute atomic E-state index is 0.00892. The Morgan fingerprint density at radius 1 is 1.50 bits per heavy atom. The summed E-state index contributed by atoms with van der Waals surface area (Å²) in [6, 6.07) is 4.11. The quantitative estimate of drug-likeness (QED) is 0.601. The van der Waals surface area contributed by atoms with Crippen LogP contribution in [0.25, 0.3) is 0 Å². The molecule has 1 amide bonds. The van der Waals surface area contributed by atoms with Gasteiger partial charge in [0.25, 0.3) is 0 Å². The van der Waals surface area contributed by atoms with Crippen molar-refractivity contribution in [2.45, 2.75) is 39.5 Å². The Labute approximate surface area is 101 Å². The topological polar surface area (TPSA) is 41.5 Å². The molecule has 0 aliphatic rings. The second-order valence-electron chi connectivity index (χ2n) is 3.55. The van der Waals surface area contributed by atoms with Crippen molar-refractivity contribution in [2.75, 3.05) is 0 Å². The summed E-state index contributed by atoms with van der Waals surface area (Å²) in [7, 11) is 0. The molecule has 1 heterocycles. The largest absolute Gasteiger partial charge is 0.273 e. The summed E-state index contributed by atoms with van der Waals surface area (Å²) in [5.41, 5.74) is 2.53. The van der Waals surface area contributed by atoms with E-state index in [4.69, 9.17) is 0 Å². The van der Waals surface area contributed by atoms with Crippen molar-refractivity contribution in [1.82, 2.24) is 5.43 Å². The Kier molecular flexibility index (Phi) is 5.78. The first-order valence-electron chi connectivity index (χ1n) is 5.66. The maximum absolute atomic E-state index is 11.2. The van der Waals surface area contributed by atoms with Gasteiger partial charge >= 0.3 is 0 Å². The number of aryl methyl sites for hydroxylation is 1. The van der Waals surface area contributed by atoms with Crippen molar-refractivity contribution < 1.29 is 4.79 Å². The molecule has 0 aliphatic heterocycles. The highest BCUT2D eigenvalue weighted by atomic mass is 32.1. The summed E-state index contributed by atoms with van der Waals surface area (Å²) < 4.78 is 0. The van der Waals surface area contributed by atoms with Gasteiger partial charge in [-0.1, -0.05) is 20.3 Å². The maximum atomic E-state index is 11.2. The first-order valence-corrected chi connectivity index (χ1v) is 6.48. The SMILES string of the molecule is CCCCC(=O)NN=Cc1ccc(CC)s1. The Morgan fingerprint density at radius 3 is 2.94 bits per heavy atom. The molecular weight excluding hydrogens is 220 g/mol. The fourth-order valence-corrected chi connectivity index (χ4v) is 2.04. The number of carbonyl (C=O) groups excluding carboxylic acids is 1. The maximum Gasteiger partial charge on any atom is 0.240 e. The molecule has 0 aromatic carbocycles. The summed E-state index contributed by atoms with van der Waals surface area (Å²) in [5, 5.41) is 3.93. The molecule has 1 N–H and O–H groups in total. The molecule has 3 nitrogen and oxygen atoms in total. The number of nitrogens with one attached hydrogen (secondary N) is 1. The number of unbranched alkanes of at least 4 members (excludes halogenated alkanes) is 1. The first kappa shape index (κ1) is 12.9. The number of hydrazone groups is 1. The molecule has 88 valence electrons. The van der Waals surface area contributed by atoms with E-state index in [0.29, 0.717) is 6.42 Å². The van der Waals surface area contributed by atoms with Gasteiger partial charge < -0.3 is 0 Å². The molecule has 1 aromatic heterocycles. The predicted octanol–water partition coefficient (Wildman–Crippen LogP) is 2.95. The Bertz CT molecular complexity index is 358. The van der Waals surface area contributed by atoms with Crippen LogP contribution in [-0.2, 0) is 11.2 Å². The second-order valence-corrected chi connectivity index (χ2v) is 4.75. The number of rotatable bonds is 6. The number of carbonyl (C=O) groups is 1. The molecule has 0 saturated carbocycles. The highest BCUT2D eigenvalue weighted by Gasteiger charge is 1.98. The van der Waals surface area contributed by atoms with E-state index < -0.39 is 0 Å². The minimum Gasteiger partial charge on any atom is -0.273 e. The highest BCUT2D eigenvalue weighted by molar-refractivity contribution is 7.13. The van der Waals surface area contributed by atoms with E-state index in [1.807, 2.05) is 6.07 Å². The van der Waals surface area contributed by atoms with Crippen molar-refractivity contribution in [2.24, 2.45) is 5.10 Å². The van der Waals surface area contributed by atoms with Gasteiger partial charge in [0.05, 0.1) is 6.21 Å². The molecule has 0 fully saturated rings. The van der Waals surface area contributed by atoms with Gasteiger partial charge in [-0.05, 0) is 25.0 Å². The average molecular weight is 238 g/mol. The van der Waals surface area contributed by atoms with Crippen molar-refractivity contribution >= 4 is 23.5 Å². The third kappa shape index (κ3) is 4.57. The van der Waals surface area contributed by atoms with Crippen LogP contribution >= 0.6 is 11.3 Å². The fourth-order valence-electron chi connectivity index (χ4n) is 1.22. The van der Waals surface area contributed by atoms with E-state index in [1.54, 1.807) is 17.6 Å². The number of nitrogens with zero attached hydrogens (tertiary/aromatic N) is 1. The zero-order valence-corrected chi connectivity index (χ0v) is 10.6. The standard InChI is InChI=1S/C12H18N2OS/c1-3-5-6-12(15)14-13-9-11-8-7-10(4-2)16-11/h7-9H,3-6H2,1-2H3,(H,14,15). The summed E-state index contributed by atoms with van der Waals surface area (Å²) in [6.45, 7) is 4.19. The molecule has 0 spiro atoms. The third-order valence-corrected chi connectivity index (χ3v) is 3.33. The summed E-state index contributed by atoms with van der Waals surface area (Å²) in [4.78, 5) is 13.6. The number of hydrogen-bond acceptors (Lipinski definition) is 3. The lowest BCUT2D eigenvalue weighted by atomic mass is 10.2. The summed E-state index contributed by atoms with van der Waals surface area (Å²) in [5.74, 6) is -0.00892. The van der Waals surface area contributed by atoms with Gasteiger partial charge in [0.1, 0.15) is 0 Å². The van der Waals surface area contributed by atoms with Crippen LogP contribution in [0.3, 0.4) is 0 Å². The van der Waals surface area contributed by atoms with Gasteiger partial charge in [-0.2, -0.15) is 5.10 Å². The molecular formula is C12H18N2OS. The monoisotopic (exact) mass is 238 g/mol. The third-order valence-electron chi connectivity index (χ3n) is 2.17. The van der Waals surface area contributed by atoms with Crippen molar-refractivity contribution in [3.63, 3.8) is 0 Å². The van der Waals surface area contributed by atoms with Crippen molar-refractivity contribution in [1.29, 1.82) is 0 Å². The summed E-state index contributed by atoms with van der Waals surface area (Å²) >= 11 is 1.70. The van der Waals surface area contributed by atoms with Gasteiger partial charge in [0.2, 0.25) is 5.91 Å². The summed E-state index contributed by atoms with van der Waals surface area (Å²) in [6.07, 6.45) is 5.25. The highest BCUT2D eigenvalue weighted by Crippen LogP contribution is 2.14. The molecule has 0 atom stereocenters. The molecule has 0 unspecified atom stereocenters. The van der Waals surface area contributed by atoms with Crippen LogP contribution < -0.4 is 5.43 Å². The lowest BCUT2D eigenvalue weighted by Gasteiger charge is -1.96. The molecule has 0 aliphatic carbocycles. The zero-order chi connectivity index (χ0) is 11.8. The smallest absolute Gasteiger partial charge is 0.240 e. The van der Waals surface area contributed by atoms with Crippen LogP contribution in [0, 0.1) is 0 Å². The molecule has 1 aromatic rings. The molecule has 1 rings (SSSR count). The fraction of sp³-hybridized carbons (Fsp3) is 0.500. The molecule has 16 heavy (non-hydrogen) atoms. The van der Waals surface area contributed by atoms with Crippen LogP contribution in [0.1, 0.15) is 42.9 Å². The van der Waals surface area contributed by atoms with Gasteiger partial charge in [0.15, 0.2) is 0 Å². The number of thiophene rings is 1. The van der Waals surface area contributed by atoms with Gasteiger partial charge in [-0.3, -0.25) is 4.79 Å². The Hall–Kier alpha value is -1.16. The van der Waals surface area contributed by atoms with Gasteiger partial charge in [0, 0.05) is 16.2 Å². The van der Waals surface area contributed by atoms with E-state index in [0.717, 1.165) is 24.1 Å². The van der Waals surface area contributed by atoms with Crippen LogP contribution in [0.15, 0.2) is 17.2 Å². The number of amides is 1.